The number of aliphatic carboxylic acids is 1. The maximum Gasteiger partial charge on any atom is 0.325 e. The number of carbonyl (C=O) groups excluding carboxylic acids is 3. The molecule has 0 aromatic heterocycles. The van der Waals surface area contributed by atoms with E-state index in [2.05, 4.69) is 16.0 Å². The molecule has 1 aliphatic heterocycles. The van der Waals surface area contributed by atoms with E-state index < -0.39 is 29.9 Å². The van der Waals surface area contributed by atoms with E-state index >= 15 is 0 Å². The molecular formula is C13H22N4O5. The Morgan fingerprint density at radius 1 is 1.32 bits per heavy atom. The van der Waals surface area contributed by atoms with Crippen LogP contribution in [0.1, 0.15) is 32.6 Å². The van der Waals surface area contributed by atoms with Gasteiger partial charge in [-0.05, 0) is 32.7 Å². The van der Waals surface area contributed by atoms with Gasteiger partial charge in [0.1, 0.15) is 12.1 Å². The Labute approximate surface area is 128 Å². The van der Waals surface area contributed by atoms with Crippen LogP contribution in [0, 0.1) is 0 Å². The molecule has 0 bridgehead atoms. The zero-order valence-electron chi connectivity index (χ0n) is 12.4. The fourth-order valence-corrected chi connectivity index (χ4v) is 2.11. The molecule has 6 N–H and O–H groups in total. The first-order valence-electron chi connectivity index (χ1n) is 7.16. The summed E-state index contributed by atoms with van der Waals surface area (Å²) in [5.41, 5.74) is 5.05. The molecule has 9 nitrogen and oxygen atoms in total. The fourth-order valence-electron chi connectivity index (χ4n) is 2.11. The van der Waals surface area contributed by atoms with Gasteiger partial charge in [0, 0.05) is 6.42 Å². The zero-order chi connectivity index (χ0) is 16.7. The van der Waals surface area contributed by atoms with Gasteiger partial charge < -0.3 is 26.8 Å². The molecule has 0 aromatic rings. The molecule has 124 valence electrons. The lowest BCUT2D eigenvalue weighted by Crippen LogP contribution is -2.54. The molecule has 1 aliphatic rings. The third-order valence-electron chi connectivity index (χ3n) is 3.42. The van der Waals surface area contributed by atoms with Crippen LogP contribution in [0.25, 0.3) is 0 Å². The SMILES string of the molecule is C[C@H](NC(=O)[C@H](CCC(N)=O)NC(=O)[C@@H]1CCCN1)C(=O)O. The van der Waals surface area contributed by atoms with Gasteiger partial charge in [-0.25, -0.2) is 0 Å². The average molecular weight is 314 g/mol. The van der Waals surface area contributed by atoms with Crippen LogP contribution in [0.2, 0.25) is 0 Å². The number of amides is 3. The summed E-state index contributed by atoms with van der Waals surface area (Å²) >= 11 is 0. The lowest BCUT2D eigenvalue weighted by atomic mass is 10.1. The smallest absolute Gasteiger partial charge is 0.325 e. The molecule has 9 heteroatoms. The minimum Gasteiger partial charge on any atom is -0.480 e. The van der Waals surface area contributed by atoms with Gasteiger partial charge in [0.2, 0.25) is 17.7 Å². The van der Waals surface area contributed by atoms with Crippen LogP contribution in [-0.2, 0) is 19.2 Å². The molecule has 22 heavy (non-hydrogen) atoms. The minimum absolute atomic E-state index is 0.0198. The third kappa shape index (κ3) is 5.68. The van der Waals surface area contributed by atoms with E-state index in [-0.39, 0.29) is 24.8 Å². The highest BCUT2D eigenvalue weighted by Gasteiger charge is 2.28. The molecule has 3 atom stereocenters. The summed E-state index contributed by atoms with van der Waals surface area (Å²) in [6, 6.07) is -2.46. The highest BCUT2D eigenvalue weighted by molar-refractivity contribution is 5.92. The minimum atomic E-state index is -1.19. The number of carboxylic acid groups (broad SMARTS) is 1. The Bertz CT molecular complexity index is 448. The summed E-state index contributed by atoms with van der Waals surface area (Å²) in [6.07, 6.45) is 1.47. The number of primary amides is 1. The summed E-state index contributed by atoms with van der Waals surface area (Å²) in [7, 11) is 0. The maximum absolute atomic E-state index is 12.1. The highest BCUT2D eigenvalue weighted by Crippen LogP contribution is 2.06. The molecule has 1 fully saturated rings. The van der Waals surface area contributed by atoms with Gasteiger partial charge >= 0.3 is 5.97 Å². The van der Waals surface area contributed by atoms with Gasteiger partial charge in [-0.3, -0.25) is 19.2 Å². The van der Waals surface area contributed by atoms with E-state index in [9.17, 15) is 19.2 Å². The standard InChI is InChI=1S/C13H22N4O5/c1-7(13(21)22)16-12(20)9(4-5-10(14)18)17-11(19)8-3-2-6-15-8/h7-9,15H,2-6H2,1H3,(H2,14,18)(H,16,20)(H,17,19)(H,21,22)/t7-,8-,9-/m0/s1. The molecule has 0 aromatic carbocycles. The number of carboxylic acids is 1. The second-order valence-electron chi connectivity index (χ2n) is 5.28. The average Bonchev–Trinajstić information content (AvgIpc) is 2.96. The van der Waals surface area contributed by atoms with Crippen molar-refractivity contribution < 1.29 is 24.3 Å². The van der Waals surface area contributed by atoms with Crippen molar-refractivity contribution in [1.82, 2.24) is 16.0 Å². The second kappa shape index (κ2) is 8.32. The van der Waals surface area contributed by atoms with Crippen LogP contribution in [0.3, 0.4) is 0 Å². The van der Waals surface area contributed by atoms with Crippen molar-refractivity contribution in [3.8, 4) is 0 Å². The lowest BCUT2D eigenvalue weighted by molar-refractivity contribution is -0.141. The van der Waals surface area contributed by atoms with E-state index in [1.54, 1.807) is 0 Å². The number of nitrogens with two attached hydrogens (primary N) is 1. The van der Waals surface area contributed by atoms with Crippen LogP contribution in [0.5, 0.6) is 0 Å². The molecule has 0 saturated carbocycles. The van der Waals surface area contributed by atoms with Gasteiger partial charge in [-0.15, -0.1) is 0 Å². The number of rotatable bonds is 8. The van der Waals surface area contributed by atoms with Crippen LogP contribution < -0.4 is 21.7 Å². The monoisotopic (exact) mass is 314 g/mol. The van der Waals surface area contributed by atoms with Crippen molar-refractivity contribution >= 4 is 23.7 Å². The first-order chi connectivity index (χ1) is 10.3. The van der Waals surface area contributed by atoms with Gasteiger partial charge in [0.15, 0.2) is 0 Å². The van der Waals surface area contributed by atoms with Crippen molar-refractivity contribution in [3.05, 3.63) is 0 Å². The Hall–Kier alpha value is -2.16. The predicted molar refractivity (Wildman–Crippen MR) is 76.6 cm³/mol. The summed E-state index contributed by atoms with van der Waals surface area (Å²) < 4.78 is 0. The molecule has 0 spiro atoms. The third-order valence-corrected chi connectivity index (χ3v) is 3.42. The Balaban J connectivity index is 2.64. The highest BCUT2D eigenvalue weighted by atomic mass is 16.4. The quantitative estimate of drug-likeness (QED) is 0.352. The van der Waals surface area contributed by atoms with Gasteiger partial charge in [-0.2, -0.15) is 0 Å². The van der Waals surface area contributed by atoms with E-state index in [4.69, 9.17) is 10.8 Å². The molecule has 1 rings (SSSR count). The summed E-state index contributed by atoms with van der Waals surface area (Å²) in [5.74, 6) is -2.78. The Kier molecular flexibility index (Phi) is 6.77. The normalized spacial score (nSPS) is 20.0. The van der Waals surface area contributed by atoms with E-state index in [1.807, 2.05) is 0 Å². The largest absolute Gasteiger partial charge is 0.480 e. The molecule has 1 saturated heterocycles. The van der Waals surface area contributed by atoms with Crippen LogP contribution >= 0.6 is 0 Å². The second-order valence-corrected chi connectivity index (χ2v) is 5.28. The first-order valence-corrected chi connectivity index (χ1v) is 7.16. The van der Waals surface area contributed by atoms with E-state index in [0.717, 1.165) is 13.0 Å². The fraction of sp³-hybridized carbons (Fsp3) is 0.692. The van der Waals surface area contributed by atoms with Crippen molar-refractivity contribution in [3.63, 3.8) is 0 Å². The maximum atomic E-state index is 12.1. The number of hydrogen-bond acceptors (Lipinski definition) is 5. The summed E-state index contributed by atoms with van der Waals surface area (Å²) in [4.78, 5) is 45.7. The van der Waals surface area contributed by atoms with Gasteiger partial charge in [-0.1, -0.05) is 0 Å². The molecule has 0 unspecified atom stereocenters. The van der Waals surface area contributed by atoms with Crippen molar-refractivity contribution in [2.24, 2.45) is 5.73 Å². The van der Waals surface area contributed by atoms with E-state index in [0.29, 0.717) is 6.42 Å². The van der Waals surface area contributed by atoms with E-state index in [1.165, 1.54) is 6.92 Å². The molecule has 0 aliphatic carbocycles. The summed E-state index contributed by atoms with van der Waals surface area (Å²) in [6.45, 7) is 2.04. The van der Waals surface area contributed by atoms with Gasteiger partial charge in [0.05, 0.1) is 6.04 Å². The van der Waals surface area contributed by atoms with Crippen LogP contribution in [0.4, 0.5) is 0 Å². The topological polar surface area (TPSA) is 151 Å². The first kappa shape index (κ1) is 17.9. The van der Waals surface area contributed by atoms with Crippen molar-refractivity contribution in [2.75, 3.05) is 6.54 Å². The predicted octanol–water partition coefficient (Wildman–Crippen LogP) is -1.92. The number of nitrogens with one attached hydrogen (secondary N) is 3. The summed E-state index contributed by atoms with van der Waals surface area (Å²) in [5, 5.41) is 16.6. The Morgan fingerprint density at radius 2 is 2.00 bits per heavy atom. The zero-order valence-corrected chi connectivity index (χ0v) is 12.4. The lowest BCUT2D eigenvalue weighted by Gasteiger charge is -2.21. The number of hydrogen-bond donors (Lipinski definition) is 5. The Morgan fingerprint density at radius 3 is 2.50 bits per heavy atom. The van der Waals surface area contributed by atoms with Crippen molar-refractivity contribution in [2.45, 2.75) is 50.7 Å². The molecular weight excluding hydrogens is 292 g/mol. The molecule has 3 amide bonds. The van der Waals surface area contributed by atoms with Crippen LogP contribution in [-0.4, -0.2) is 53.5 Å². The van der Waals surface area contributed by atoms with Crippen molar-refractivity contribution in [1.29, 1.82) is 0 Å². The van der Waals surface area contributed by atoms with Crippen LogP contribution in [0.15, 0.2) is 0 Å². The molecule has 1 heterocycles. The van der Waals surface area contributed by atoms with Gasteiger partial charge in [0.25, 0.3) is 0 Å². The number of carbonyl (C=O) groups is 4. The molecule has 0 radical (unpaired) electrons.